The van der Waals surface area contributed by atoms with E-state index in [-0.39, 0.29) is 30.3 Å². The van der Waals surface area contributed by atoms with Crippen molar-refractivity contribution in [2.75, 3.05) is 0 Å². The molecule has 142 valence electrons. The molecular weight excluding hydrogens is 336 g/mol. The second kappa shape index (κ2) is 6.65. The number of cyclic esters (lactones) is 1. The van der Waals surface area contributed by atoms with Gasteiger partial charge in [0.2, 0.25) is 0 Å². The minimum absolute atomic E-state index is 0.0150. The van der Waals surface area contributed by atoms with Gasteiger partial charge in [0, 0.05) is 13.3 Å². The Morgan fingerprint density at radius 3 is 2.65 bits per heavy atom. The highest BCUT2D eigenvalue weighted by Crippen LogP contribution is 2.45. The van der Waals surface area contributed by atoms with Gasteiger partial charge in [0.1, 0.15) is 12.2 Å². The van der Waals surface area contributed by atoms with Crippen LogP contribution in [0, 0.1) is 5.41 Å². The van der Waals surface area contributed by atoms with Crippen LogP contribution in [0.3, 0.4) is 0 Å². The quantitative estimate of drug-likeness (QED) is 0.425. The van der Waals surface area contributed by atoms with E-state index in [1.54, 1.807) is 6.08 Å². The van der Waals surface area contributed by atoms with E-state index in [9.17, 15) is 14.4 Å². The van der Waals surface area contributed by atoms with Gasteiger partial charge in [-0.25, -0.2) is 0 Å². The zero-order chi connectivity index (χ0) is 19.1. The molecule has 0 bridgehead atoms. The molecule has 6 heteroatoms. The van der Waals surface area contributed by atoms with Crippen molar-refractivity contribution in [1.82, 2.24) is 0 Å². The first kappa shape index (κ1) is 18.8. The van der Waals surface area contributed by atoms with Gasteiger partial charge >= 0.3 is 11.9 Å². The fourth-order valence-electron chi connectivity index (χ4n) is 3.89. The Morgan fingerprint density at radius 2 is 2.04 bits per heavy atom. The van der Waals surface area contributed by atoms with Crippen molar-refractivity contribution in [1.29, 1.82) is 0 Å². The Kier molecular flexibility index (Phi) is 4.82. The van der Waals surface area contributed by atoms with Crippen molar-refractivity contribution in [2.24, 2.45) is 5.41 Å². The average Bonchev–Trinajstić information content (AvgIpc) is 3.02. The number of rotatable bonds is 5. The lowest BCUT2D eigenvalue weighted by Gasteiger charge is -2.34. The molecule has 1 spiro atoms. The van der Waals surface area contributed by atoms with Crippen LogP contribution >= 0.6 is 0 Å². The van der Waals surface area contributed by atoms with Crippen molar-refractivity contribution in [3.63, 3.8) is 0 Å². The first-order valence-electron chi connectivity index (χ1n) is 9.07. The smallest absolute Gasteiger partial charge is 0.307 e. The predicted octanol–water partition coefficient (Wildman–Crippen LogP) is 2.65. The molecule has 2 saturated heterocycles. The summed E-state index contributed by atoms with van der Waals surface area (Å²) in [6.45, 7) is 7.43. The Balaban J connectivity index is 1.73. The Hall–Kier alpha value is -1.95. The van der Waals surface area contributed by atoms with E-state index >= 15 is 0 Å². The zero-order valence-corrected chi connectivity index (χ0v) is 15.7. The Labute approximate surface area is 153 Å². The lowest BCUT2D eigenvalue weighted by molar-refractivity contribution is -0.148. The third-order valence-corrected chi connectivity index (χ3v) is 5.50. The van der Waals surface area contributed by atoms with Gasteiger partial charge < -0.3 is 14.2 Å². The van der Waals surface area contributed by atoms with Crippen molar-refractivity contribution in [2.45, 2.75) is 77.3 Å². The fraction of sp³-hybridized carbons (Fsp3) is 0.650. The molecule has 26 heavy (non-hydrogen) atoms. The molecule has 0 aromatic rings. The van der Waals surface area contributed by atoms with Gasteiger partial charge in [-0.15, -0.1) is 0 Å². The normalized spacial score (nSPS) is 35.5. The molecule has 0 aromatic heterocycles. The fourth-order valence-corrected chi connectivity index (χ4v) is 3.89. The molecule has 2 fully saturated rings. The van der Waals surface area contributed by atoms with Crippen LogP contribution in [0.25, 0.3) is 0 Å². The van der Waals surface area contributed by atoms with Crippen LogP contribution in [-0.2, 0) is 28.6 Å². The van der Waals surface area contributed by atoms with E-state index < -0.39 is 29.6 Å². The summed E-state index contributed by atoms with van der Waals surface area (Å²) in [4.78, 5) is 35.9. The average molecular weight is 362 g/mol. The van der Waals surface area contributed by atoms with Gasteiger partial charge in [0.15, 0.2) is 5.78 Å². The summed E-state index contributed by atoms with van der Waals surface area (Å²) in [5, 5.41) is 0. The number of esters is 2. The number of allylic oxidation sites excluding steroid dienone is 2. The van der Waals surface area contributed by atoms with Crippen molar-refractivity contribution >= 4 is 17.7 Å². The van der Waals surface area contributed by atoms with E-state index in [1.165, 1.54) is 13.0 Å². The minimum Gasteiger partial charge on any atom is -0.458 e. The van der Waals surface area contributed by atoms with Crippen molar-refractivity contribution < 1.29 is 28.6 Å². The van der Waals surface area contributed by atoms with Crippen molar-refractivity contribution in [3.05, 3.63) is 23.8 Å². The molecule has 6 nitrogen and oxygen atoms in total. The summed E-state index contributed by atoms with van der Waals surface area (Å²) in [7, 11) is 0. The minimum atomic E-state index is -0.984. The topological polar surface area (TPSA) is 82.2 Å². The summed E-state index contributed by atoms with van der Waals surface area (Å²) in [6.07, 6.45) is 5.97. The van der Waals surface area contributed by atoms with E-state index in [4.69, 9.17) is 14.2 Å². The molecule has 2 aliphatic heterocycles. The maximum absolute atomic E-state index is 12.6. The predicted molar refractivity (Wildman–Crippen MR) is 93.2 cm³/mol. The number of epoxide rings is 1. The molecular formula is C20H26O6. The SMILES string of the molecule is CC(=O)O[C@@H]1C=CC(=O)[C@@]2(CC(=O)O[C@@H]2/C=C(\C)CCC2OC2(C)C)C1. The molecule has 4 atom stereocenters. The molecule has 1 aliphatic carbocycles. The molecule has 3 rings (SSSR count). The molecule has 0 aromatic carbocycles. The third kappa shape index (κ3) is 3.75. The number of carbonyl (C=O) groups is 3. The van der Waals surface area contributed by atoms with E-state index in [1.807, 2.05) is 13.0 Å². The van der Waals surface area contributed by atoms with Crippen molar-refractivity contribution in [3.8, 4) is 0 Å². The summed E-state index contributed by atoms with van der Waals surface area (Å²) in [6, 6.07) is 0. The molecule has 0 radical (unpaired) electrons. The van der Waals surface area contributed by atoms with Gasteiger partial charge in [-0.3, -0.25) is 14.4 Å². The zero-order valence-electron chi connectivity index (χ0n) is 15.7. The molecule has 3 aliphatic rings. The lowest BCUT2D eigenvalue weighted by Crippen LogP contribution is -2.43. The van der Waals surface area contributed by atoms with E-state index in [0.29, 0.717) is 0 Å². The molecule has 2 heterocycles. The maximum Gasteiger partial charge on any atom is 0.307 e. The van der Waals surface area contributed by atoms with Gasteiger partial charge in [0.25, 0.3) is 0 Å². The highest BCUT2D eigenvalue weighted by Gasteiger charge is 2.55. The van der Waals surface area contributed by atoms with Crippen LogP contribution in [0.5, 0.6) is 0 Å². The van der Waals surface area contributed by atoms with Gasteiger partial charge in [-0.1, -0.05) is 5.57 Å². The monoisotopic (exact) mass is 362 g/mol. The summed E-state index contributed by atoms with van der Waals surface area (Å²) in [5.74, 6) is -0.951. The summed E-state index contributed by atoms with van der Waals surface area (Å²) in [5.41, 5.74) is 0.0208. The number of hydrogen-bond donors (Lipinski definition) is 0. The van der Waals surface area contributed by atoms with Crippen LogP contribution in [0.15, 0.2) is 23.8 Å². The lowest BCUT2D eigenvalue weighted by atomic mass is 9.69. The number of hydrogen-bond acceptors (Lipinski definition) is 6. The Morgan fingerprint density at radius 1 is 1.35 bits per heavy atom. The van der Waals surface area contributed by atoms with Crippen LogP contribution in [0.2, 0.25) is 0 Å². The van der Waals surface area contributed by atoms with Gasteiger partial charge in [0.05, 0.1) is 23.5 Å². The first-order chi connectivity index (χ1) is 12.1. The van der Waals surface area contributed by atoms with Crippen LogP contribution in [0.4, 0.5) is 0 Å². The van der Waals surface area contributed by atoms with Crippen LogP contribution < -0.4 is 0 Å². The number of ether oxygens (including phenoxy) is 3. The first-order valence-corrected chi connectivity index (χ1v) is 9.07. The molecule has 1 unspecified atom stereocenters. The van der Waals surface area contributed by atoms with E-state index in [0.717, 1.165) is 18.4 Å². The number of carbonyl (C=O) groups excluding carboxylic acids is 3. The summed E-state index contributed by atoms with van der Waals surface area (Å²) >= 11 is 0. The van der Waals surface area contributed by atoms with Gasteiger partial charge in [-0.05, 0) is 51.8 Å². The molecule has 0 amide bonds. The highest BCUT2D eigenvalue weighted by molar-refractivity contribution is 6.00. The largest absolute Gasteiger partial charge is 0.458 e. The second-order valence-corrected chi connectivity index (χ2v) is 8.08. The van der Waals surface area contributed by atoms with Gasteiger partial charge in [-0.2, -0.15) is 0 Å². The maximum atomic E-state index is 12.6. The third-order valence-electron chi connectivity index (χ3n) is 5.50. The summed E-state index contributed by atoms with van der Waals surface area (Å²) < 4.78 is 16.3. The highest BCUT2D eigenvalue weighted by atomic mass is 16.6. The Bertz CT molecular complexity index is 688. The van der Waals surface area contributed by atoms with Crippen LogP contribution in [0.1, 0.15) is 53.4 Å². The number of ketones is 1. The standard InChI is InChI=1S/C20H26O6/c1-12(5-8-16-19(3,4)26-16)9-17-20(11-18(23)25-17)10-14(24-13(2)21)6-7-15(20)22/h6-7,9,14,16-17H,5,8,10-11H2,1-4H3/b12-9+/t14-,16?,17-,20+/m1/s1. The molecule has 0 N–H and O–H groups in total. The van der Waals surface area contributed by atoms with E-state index in [2.05, 4.69) is 13.8 Å². The second-order valence-electron chi connectivity index (χ2n) is 8.08. The van der Waals surface area contributed by atoms with Crippen LogP contribution in [-0.4, -0.2) is 41.6 Å². The molecule has 0 saturated carbocycles.